The maximum absolute atomic E-state index is 13.6. The molecule has 10 heteroatoms. The Balaban J connectivity index is 1.42. The monoisotopic (exact) mass is 633 g/mol. The second-order valence-electron chi connectivity index (χ2n) is 12.3. The Labute approximate surface area is 271 Å². The second-order valence-corrected chi connectivity index (χ2v) is 12.3. The van der Waals surface area contributed by atoms with E-state index in [0.29, 0.717) is 18.8 Å². The number of carbonyl (C=O) groups is 4. The van der Waals surface area contributed by atoms with E-state index in [1.165, 1.54) is 6.42 Å². The summed E-state index contributed by atoms with van der Waals surface area (Å²) in [4.78, 5) is 52.4. The Hall–Kier alpha value is -4.18. The van der Waals surface area contributed by atoms with Gasteiger partial charge in [0.1, 0.15) is 19.3 Å². The number of rotatable bonds is 11. The number of carbonyl (C=O) groups excluding carboxylic acids is 4. The van der Waals surface area contributed by atoms with Crippen molar-refractivity contribution in [2.24, 2.45) is 11.8 Å². The molecule has 2 aromatic rings. The van der Waals surface area contributed by atoms with E-state index in [-0.39, 0.29) is 50.9 Å². The van der Waals surface area contributed by atoms with Crippen molar-refractivity contribution >= 4 is 23.9 Å². The number of hydrogen-bond acceptors (Lipinski definition) is 7. The van der Waals surface area contributed by atoms with Crippen LogP contribution in [0.25, 0.3) is 0 Å². The van der Waals surface area contributed by atoms with Crippen LogP contribution in [0.2, 0.25) is 0 Å². The maximum atomic E-state index is 13.6. The molecule has 0 aromatic heterocycles. The molecule has 4 N–H and O–H groups in total. The van der Waals surface area contributed by atoms with E-state index in [0.717, 1.165) is 36.8 Å². The predicted molar refractivity (Wildman–Crippen MR) is 173 cm³/mol. The van der Waals surface area contributed by atoms with E-state index < -0.39 is 36.1 Å². The summed E-state index contributed by atoms with van der Waals surface area (Å²) in [6.07, 6.45) is 9.74. The molecule has 0 saturated heterocycles. The fourth-order valence-corrected chi connectivity index (χ4v) is 6.06. The predicted octanol–water partition coefficient (Wildman–Crippen LogP) is 4.36. The van der Waals surface area contributed by atoms with Gasteiger partial charge in [-0.15, -0.1) is 0 Å². The van der Waals surface area contributed by atoms with Crippen LogP contribution in [0.1, 0.15) is 68.9 Å². The summed E-state index contributed by atoms with van der Waals surface area (Å²) in [7, 11) is 0. The first kappa shape index (κ1) is 34.7. The molecule has 10 nitrogen and oxygen atoms in total. The van der Waals surface area contributed by atoms with Gasteiger partial charge in [-0.1, -0.05) is 105 Å². The van der Waals surface area contributed by atoms with Gasteiger partial charge in [0.25, 0.3) is 0 Å². The molecule has 3 amide bonds. The highest BCUT2D eigenvalue weighted by atomic mass is 16.6. The Morgan fingerprint density at radius 1 is 0.935 bits per heavy atom. The summed E-state index contributed by atoms with van der Waals surface area (Å²) in [6.45, 7) is -0.203. The van der Waals surface area contributed by atoms with Crippen LogP contribution in [-0.4, -0.2) is 60.3 Å². The first-order valence-electron chi connectivity index (χ1n) is 16.4. The highest BCUT2D eigenvalue weighted by Crippen LogP contribution is 2.28. The summed E-state index contributed by atoms with van der Waals surface area (Å²) >= 11 is 0. The molecule has 1 aliphatic carbocycles. The zero-order valence-corrected chi connectivity index (χ0v) is 26.4. The lowest BCUT2D eigenvalue weighted by molar-refractivity contribution is -0.147. The molecule has 1 saturated carbocycles. The summed E-state index contributed by atoms with van der Waals surface area (Å²) in [5.74, 6) is -1.48. The molecule has 1 heterocycles. The van der Waals surface area contributed by atoms with Crippen molar-refractivity contribution in [3.63, 3.8) is 0 Å². The van der Waals surface area contributed by atoms with Gasteiger partial charge in [0, 0.05) is 6.42 Å². The van der Waals surface area contributed by atoms with Crippen LogP contribution in [0.4, 0.5) is 4.79 Å². The lowest BCUT2D eigenvalue weighted by atomic mass is 9.84. The molecular weight excluding hydrogens is 586 g/mol. The number of amides is 3. The van der Waals surface area contributed by atoms with Gasteiger partial charge >= 0.3 is 12.1 Å². The van der Waals surface area contributed by atoms with E-state index in [2.05, 4.69) is 16.0 Å². The van der Waals surface area contributed by atoms with E-state index >= 15 is 0 Å². The van der Waals surface area contributed by atoms with Gasteiger partial charge in [-0.25, -0.2) is 9.59 Å². The molecule has 2 aliphatic rings. The van der Waals surface area contributed by atoms with E-state index in [1.54, 1.807) is 12.2 Å². The standard InChI is InChI=1S/C36H47N3O7/c40-23-30(20-26-12-4-1-5-13-26)37-33(41)22-29-18-10-11-19-32(39-36(44)46-24-28-16-8-3-9-17-28)35(43)45-25-31(38-34(29)42)21-27-14-6-2-7-15-27/h1,3-5,8-13,16-17,27,29-32,40H,2,6-7,14-15,18-25H2,(H,37,41)(H,38,42)(H,39,44)/t29-,30-,31+,32-/m1/s1. The lowest BCUT2D eigenvalue weighted by Crippen LogP contribution is -2.47. The third-order valence-electron chi connectivity index (χ3n) is 8.58. The van der Waals surface area contributed by atoms with Crippen molar-refractivity contribution in [3.8, 4) is 0 Å². The fourth-order valence-electron chi connectivity index (χ4n) is 6.06. The molecule has 2 aromatic carbocycles. The molecule has 0 bridgehead atoms. The Morgan fingerprint density at radius 3 is 2.30 bits per heavy atom. The number of aliphatic hydroxyl groups is 1. The minimum atomic E-state index is -0.977. The number of hydrogen-bond donors (Lipinski definition) is 4. The van der Waals surface area contributed by atoms with E-state index in [1.807, 2.05) is 60.7 Å². The first-order chi connectivity index (χ1) is 22.4. The number of esters is 1. The Kier molecular flexibility index (Phi) is 14.1. The number of alkyl carbamates (subject to hydrolysis) is 1. The van der Waals surface area contributed by atoms with Crippen molar-refractivity contribution in [2.45, 2.75) is 88.9 Å². The van der Waals surface area contributed by atoms with Crippen molar-refractivity contribution < 1.29 is 33.8 Å². The summed E-state index contributed by atoms with van der Waals surface area (Å²) in [5, 5.41) is 18.5. The molecular formula is C36H47N3O7. The van der Waals surface area contributed by atoms with Gasteiger partial charge < -0.3 is 30.5 Å². The molecule has 1 aliphatic heterocycles. The molecule has 248 valence electrons. The number of cyclic esters (lactones) is 1. The summed E-state index contributed by atoms with van der Waals surface area (Å²) < 4.78 is 11.0. The normalized spacial score (nSPS) is 21.9. The lowest BCUT2D eigenvalue weighted by Gasteiger charge is -2.29. The molecule has 4 atom stereocenters. The van der Waals surface area contributed by atoms with Gasteiger partial charge in [-0.05, 0) is 42.7 Å². The van der Waals surface area contributed by atoms with Gasteiger partial charge in [-0.3, -0.25) is 9.59 Å². The highest BCUT2D eigenvalue weighted by Gasteiger charge is 2.29. The third-order valence-corrected chi connectivity index (χ3v) is 8.58. The third kappa shape index (κ3) is 12.0. The molecule has 4 rings (SSSR count). The van der Waals surface area contributed by atoms with Gasteiger partial charge in [0.2, 0.25) is 11.8 Å². The average Bonchev–Trinajstić information content (AvgIpc) is 3.07. The minimum Gasteiger partial charge on any atom is -0.462 e. The van der Waals surface area contributed by atoms with Crippen LogP contribution in [0.5, 0.6) is 0 Å². The van der Waals surface area contributed by atoms with Gasteiger partial charge in [0.05, 0.1) is 24.6 Å². The molecule has 1 fully saturated rings. The largest absolute Gasteiger partial charge is 0.462 e. The van der Waals surface area contributed by atoms with Crippen LogP contribution in [0, 0.1) is 11.8 Å². The van der Waals surface area contributed by atoms with Gasteiger partial charge in [-0.2, -0.15) is 0 Å². The van der Waals surface area contributed by atoms with Crippen molar-refractivity contribution in [1.82, 2.24) is 16.0 Å². The smallest absolute Gasteiger partial charge is 0.408 e. The number of ether oxygens (including phenoxy) is 2. The number of aliphatic hydroxyl groups excluding tert-OH is 1. The molecule has 0 spiro atoms. The van der Waals surface area contributed by atoms with Crippen LogP contribution >= 0.6 is 0 Å². The van der Waals surface area contributed by atoms with Crippen LogP contribution < -0.4 is 16.0 Å². The van der Waals surface area contributed by atoms with Crippen LogP contribution in [0.3, 0.4) is 0 Å². The molecule has 0 radical (unpaired) electrons. The van der Waals surface area contributed by atoms with E-state index in [4.69, 9.17) is 9.47 Å². The van der Waals surface area contributed by atoms with Crippen LogP contribution in [-0.2, 0) is 36.9 Å². The number of benzene rings is 2. The Bertz CT molecular complexity index is 1280. The first-order valence-corrected chi connectivity index (χ1v) is 16.4. The molecule has 46 heavy (non-hydrogen) atoms. The minimum absolute atomic E-state index is 0.0371. The number of nitrogens with one attached hydrogen (secondary N) is 3. The summed E-state index contributed by atoms with van der Waals surface area (Å²) in [6, 6.07) is 16.9. The fraction of sp³-hybridized carbons (Fsp3) is 0.500. The Morgan fingerprint density at radius 2 is 1.61 bits per heavy atom. The number of allylic oxidation sites excluding steroid dienone is 1. The van der Waals surface area contributed by atoms with Crippen LogP contribution in [0.15, 0.2) is 72.8 Å². The summed E-state index contributed by atoms with van der Waals surface area (Å²) in [5.41, 5.74) is 1.81. The SMILES string of the molecule is O=C(C[C@H]1CC=CC[C@@H](NC(=O)OCc2ccccc2)C(=O)OC[C@H](CC2CCCCC2)NC1=O)N[C@@H](CO)Cc1ccccc1. The van der Waals surface area contributed by atoms with Crippen molar-refractivity contribution in [2.75, 3.05) is 13.2 Å². The van der Waals surface area contributed by atoms with E-state index in [9.17, 15) is 24.3 Å². The maximum Gasteiger partial charge on any atom is 0.408 e. The zero-order chi connectivity index (χ0) is 32.6. The molecule has 0 unspecified atom stereocenters. The topological polar surface area (TPSA) is 143 Å². The van der Waals surface area contributed by atoms with Gasteiger partial charge in [0.15, 0.2) is 0 Å². The zero-order valence-electron chi connectivity index (χ0n) is 26.4. The van der Waals surface area contributed by atoms with Crippen molar-refractivity contribution in [3.05, 3.63) is 83.9 Å². The second kappa shape index (κ2) is 18.7. The average molecular weight is 634 g/mol. The van der Waals surface area contributed by atoms with Crippen molar-refractivity contribution in [1.29, 1.82) is 0 Å². The quantitative estimate of drug-likeness (QED) is 0.213. The highest BCUT2D eigenvalue weighted by molar-refractivity contribution is 5.86.